The molecule has 1 saturated heterocycles. The summed E-state index contributed by atoms with van der Waals surface area (Å²) in [4.78, 5) is 17.3. The zero-order chi connectivity index (χ0) is 26.9. The molecule has 0 aliphatic carbocycles. The molecule has 3 heterocycles. The number of carboxylic acid groups (broad SMARTS) is 1. The van der Waals surface area contributed by atoms with Gasteiger partial charge in [0.2, 0.25) is 5.82 Å². The van der Waals surface area contributed by atoms with E-state index in [-0.39, 0.29) is 17.9 Å². The van der Waals surface area contributed by atoms with E-state index in [0.717, 1.165) is 6.42 Å². The van der Waals surface area contributed by atoms with Crippen LogP contribution < -0.4 is 0 Å². The lowest BCUT2D eigenvalue weighted by Gasteiger charge is -2.32. The Labute approximate surface area is 214 Å². The first kappa shape index (κ1) is 25.6. The lowest BCUT2D eigenvalue weighted by atomic mass is 9.97. The van der Waals surface area contributed by atoms with Gasteiger partial charge in [0, 0.05) is 24.2 Å². The first-order valence-corrected chi connectivity index (χ1v) is 11.9. The first-order valence-electron chi connectivity index (χ1n) is 11.9. The second kappa shape index (κ2) is 10.4. The summed E-state index contributed by atoms with van der Waals surface area (Å²) in [7, 11) is 0. The quantitative estimate of drug-likeness (QED) is 0.344. The van der Waals surface area contributed by atoms with Crippen LogP contribution in [0.2, 0.25) is 0 Å². The molecule has 38 heavy (non-hydrogen) atoms. The van der Waals surface area contributed by atoms with Crippen molar-refractivity contribution in [1.29, 1.82) is 0 Å². The fourth-order valence-electron chi connectivity index (χ4n) is 4.55. The Morgan fingerprint density at radius 1 is 1.05 bits per heavy atom. The zero-order valence-corrected chi connectivity index (χ0v) is 19.9. The minimum absolute atomic E-state index is 0.0405. The van der Waals surface area contributed by atoms with E-state index in [4.69, 9.17) is 9.05 Å². The van der Waals surface area contributed by atoms with Crippen molar-refractivity contribution in [3.63, 3.8) is 0 Å². The summed E-state index contributed by atoms with van der Waals surface area (Å²) in [5.74, 6) is -2.14. The monoisotopic (exact) mass is 528 g/mol. The number of piperidine rings is 1. The topological polar surface area (TPSA) is 126 Å². The Bertz CT molecular complexity index is 1400. The van der Waals surface area contributed by atoms with Gasteiger partial charge in [-0.25, -0.2) is 0 Å². The highest BCUT2D eigenvalue weighted by Gasteiger charge is 2.42. The summed E-state index contributed by atoms with van der Waals surface area (Å²) in [5.41, 5.74) is -0.461. The molecule has 0 bridgehead atoms. The van der Waals surface area contributed by atoms with Gasteiger partial charge in [-0.3, -0.25) is 9.69 Å². The van der Waals surface area contributed by atoms with E-state index in [2.05, 4.69) is 15.3 Å². The van der Waals surface area contributed by atoms with E-state index < -0.39 is 47.1 Å². The molecule has 1 fully saturated rings. The maximum atomic E-state index is 13.9. The van der Waals surface area contributed by atoms with E-state index in [1.807, 2.05) is 4.90 Å². The molecule has 1 aliphatic rings. The fourth-order valence-corrected chi connectivity index (χ4v) is 4.55. The van der Waals surface area contributed by atoms with Gasteiger partial charge in [0.15, 0.2) is 11.5 Å². The van der Waals surface area contributed by atoms with Crippen molar-refractivity contribution in [3.05, 3.63) is 65.7 Å². The number of rotatable bonds is 7. The maximum Gasteiger partial charge on any atom is 0.422 e. The summed E-state index contributed by atoms with van der Waals surface area (Å²) in [6.07, 6.45) is -4.27. The molecular formula is C26H23F3N4O5. The molecule has 1 aliphatic heterocycles. The molecule has 9 nitrogen and oxygen atoms in total. The molecule has 4 aromatic rings. The van der Waals surface area contributed by atoms with E-state index in [1.165, 1.54) is 12.1 Å². The third-order valence-corrected chi connectivity index (χ3v) is 6.48. The SMILES string of the molecule is O=C(O)C1CCCN(C[C@@H](O)c2ccc(-c3noc(-c4noc(-c5ccccc5)c4C(F)(F)F)n3)cc2)C1. The Kier molecular flexibility index (Phi) is 7.00. The van der Waals surface area contributed by atoms with Crippen LogP contribution in [0.5, 0.6) is 0 Å². The van der Waals surface area contributed by atoms with Crippen LogP contribution in [0.1, 0.15) is 30.1 Å². The number of likely N-dealkylation sites (tertiary alicyclic amines) is 1. The Balaban J connectivity index is 1.34. The predicted molar refractivity (Wildman–Crippen MR) is 127 cm³/mol. The van der Waals surface area contributed by atoms with Crippen LogP contribution in [0.4, 0.5) is 13.2 Å². The van der Waals surface area contributed by atoms with Gasteiger partial charge >= 0.3 is 12.1 Å². The lowest BCUT2D eigenvalue weighted by Crippen LogP contribution is -2.40. The van der Waals surface area contributed by atoms with Crippen molar-refractivity contribution < 1.29 is 37.2 Å². The van der Waals surface area contributed by atoms with Crippen LogP contribution in [0.15, 0.2) is 63.6 Å². The number of aliphatic hydroxyl groups excluding tert-OH is 1. The molecule has 12 heteroatoms. The van der Waals surface area contributed by atoms with Crippen molar-refractivity contribution in [2.45, 2.75) is 25.1 Å². The molecule has 0 radical (unpaired) electrons. The number of carboxylic acids is 1. The summed E-state index contributed by atoms with van der Waals surface area (Å²) >= 11 is 0. The first-order chi connectivity index (χ1) is 18.2. The fraction of sp³-hybridized carbons (Fsp3) is 0.308. The van der Waals surface area contributed by atoms with Crippen LogP contribution in [-0.2, 0) is 11.0 Å². The summed E-state index contributed by atoms with van der Waals surface area (Å²) in [5, 5.41) is 27.3. The Morgan fingerprint density at radius 3 is 2.47 bits per heavy atom. The second-order valence-electron chi connectivity index (χ2n) is 9.10. The van der Waals surface area contributed by atoms with Crippen molar-refractivity contribution in [3.8, 4) is 34.3 Å². The summed E-state index contributed by atoms with van der Waals surface area (Å²) in [6.45, 7) is 1.37. The molecule has 1 unspecified atom stereocenters. The van der Waals surface area contributed by atoms with Crippen LogP contribution in [-0.4, -0.2) is 56.0 Å². The van der Waals surface area contributed by atoms with Gasteiger partial charge in [-0.1, -0.05) is 64.9 Å². The highest BCUT2D eigenvalue weighted by Crippen LogP contribution is 2.43. The molecule has 5 rings (SSSR count). The molecule has 0 saturated carbocycles. The third kappa shape index (κ3) is 5.31. The maximum absolute atomic E-state index is 13.9. The van der Waals surface area contributed by atoms with E-state index >= 15 is 0 Å². The molecule has 0 spiro atoms. The molecular weight excluding hydrogens is 505 g/mol. The number of hydrogen-bond acceptors (Lipinski definition) is 8. The summed E-state index contributed by atoms with van der Waals surface area (Å²) in [6, 6.07) is 14.3. The number of halogens is 3. The third-order valence-electron chi connectivity index (χ3n) is 6.48. The van der Waals surface area contributed by atoms with Gasteiger partial charge in [-0.2, -0.15) is 18.2 Å². The van der Waals surface area contributed by atoms with Crippen molar-refractivity contribution in [2.24, 2.45) is 5.92 Å². The number of aromatic nitrogens is 3. The smallest absolute Gasteiger partial charge is 0.422 e. The molecule has 198 valence electrons. The molecule has 0 amide bonds. The number of nitrogens with zero attached hydrogens (tertiary/aromatic N) is 4. The second-order valence-corrected chi connectivity index (χ2v) is 9.10. The number of benzene rings is 2. The Hall–Kier alpha value is -4.03. The Morgan fingerprint density at radius 2 is 1.79 bits per heavy atom. The molecule has 2 atom stereocenters. The minimum Gasteiger partial charge on any atom is -0.481 e. The number of aliphatic carboxylic acids is 1. The highest BCUT2D eigenvalue weighted by atomic mass is 19.4. The van der Waals surface area contributed by atoms with Gasteiger partial charge in [-0.15, -0.1) is 0 Å². The molecule has 2 aromatic carbocycles. The number of β-amino-alcohol motifs (C(OH)–C–C–N with tert-alkyl or cyclic N) is 1. The van der Waals surface area contributed by atoms with Gasteiger partial charge in [-0.05, 0) is 24.9 Å². The van der Waals surface area contributed by atoms with Gasteiger partial charge in [0.1, 0.15) is 5.56 Å². The van der Waals surface area contributed by atoms with Gasteiger partial charge < -0.3 is 19.3 Å². The average molecular weight is 528 g/mol. The van der Waals surface area contributed by atoms with Crippen LogP contribution in [0.25, 0.3) is 34.3 Å². The molecule has 2 N–H and O–H groups in total. The minimum atomic E-state index is -4.79. The number of aliphatic hydroxyl groups is 1. The number of carbonyl (C=O) groups is 1. The van der Waals surface area contributed by atoms with Crippen LogP contribution in [0.3, 0.4) is 0 Å². The average Bonchev–Trinajstić information content (AvgIpc) is 3.57. The number of alkyl halides is 3. The molecule has 2 aromatic heterocycles. The van der Waals surface area contributed by atoms with Crippen molar-refractivity contribution >= 4 is 5.97 Å². The summed E-state index contributed by atoms with van der Waals surface area (Å²) < 4.78 is 52.0. The van der Waals surface area contributed by atoms with Gasteiger partial charge in [0.05, 0.1) is 12.0 Å². The van der Waals surface area contributed by atoms with Crippen LogP contribution in [0, 0.1) is 5.92 Å². The number of hydrogen-bond donors (Lipinski definition) is 2. The standard InChI is InChI=1S/C26H23F3N4O5/c27-26(28,29)20-21(31-37-22(20)16-5-2-1-3-6-16)24-30-23(32-38-24)17-10-8-15(9-11-17)19(34)14-33-12-4-7-18(13-33)25(35)36/h1-3,5-6,8-11,18-19,34H,4,7,12-14H2,(H,35,36)/t18?,19-/m1/s1. The van der Waals surface area contributed by atoms with Crippen molar-refractivity contribution in [2.75, 3.05) is 19.6 Å². The predicted octanol–water partition coefficient (Wildman–Crippen LogP) is 4.91. The van der Waals surface area contributed by atoms with Crippen molar-refractivity contribution in [1.82, 2.24) is 20.2 Å². The lowest BCUT2D eigenvalue weighted by molar-refractivity contribution is -0.143. The van der Waals surface area contributed by atoms with E-state index in [1.54, 1.807) is 42.5 Å². The van der Waals surface area contributed by atoms with E-state index in [9.17, 15) is 28.2 Å². The normalized spacial score (nSPS) is 17.4. The highest BCUT2D eigenvalue weighted by molar-refractivity contribution is 5.71. The van der Waals surface area contributed by atoms with Crippen LogP contribution >= 0.6 is 0 Å². The zero-order valence-electron chi connectivity index (χ0n) is 19.9. The largest absolute Gasteiger partial charge is 0.481 e. The van der Waals surface area contributed by atoms with Gasteiger partial charge in [0.25, 0.3) is 5.89 Å². The van der Waals surface area contributed by atoms with E-state index in [0.29, 0.717) is 30.6 Å².